The van der Waals surface area contributed by atoms with Gasteiger partial charge in [0.25, 0.3) is 0 Å². The number of nitrogen functional groups attached to an aromatic ring is 1. The van der Waals surface area contributed by atoms with E-state index in [1.165, 1.54) is 6.33 Å². The third-order valence-electron chi connectivity index (χ3n) is 4.70. The second-order valence-corrected chi connectivity index (χ2v) is 6.35. The highest BCUT2D eigenvalue weighted by Gasteiger charge is 2.45. The van der Waals surface area contributed by atoms with Crippen LogP contribution in [0.5, 0.6) is 0 Å². The SMILES string of the molecule is CNc1nc2c(N)ncnc2n1[C@@H]1O[C@H](CO[C@@H]2CCOC2)[C@@H](O)[C@H]1O. The van der Waals surface area contributed by atoms with Crippen molar-refractivity contribution in [3.8, 4) is 0 Å². The number of nitrogens with zero attached hydrogens (tertiary/aromatic N) is 4. The lowest BCUT2D eigenvalue weighted by Gasteiger charge is -2.19. The molecule has 11 heteroatoms. The van der Waals surface area contributed by atoms with Gasteiger partial charge in [0.2, 0.25) is 5.95 Å². The van der Waals surface area contributed by atoms with Gasteiger partial charge in [-0.15, -0.1) is 0 Å². The van der Waals surface area contributed by atoms with Gasteiger partial charge in [-0.05, 0) is 6.42 Å². The van der Waals surface area contributed by atoms with Crippen LogP contribution in [0.1, 0.15) is 12.6 Å². The number of ether oxygens (including phenoxy) is 3. The number of anilines is 2. The largest absolute Gasteiger partial charge is 0.387 e. The third kappa shape index (κ3) is 2.87. The summed E-state index contributed by atoms with van der Waals surface area (Å²) in [6.07, 6.45) is -1.75. The smallest absolute Gasteiger partial charge is 0.207 e. The van der Waals surface area contributed by atoms with E-state index >= 15 is 0 Å². The number of aliphatic hydroxyl groups excluding tert-OH is 2. The van der Waals surface area contributed by atoms with Crippen molar-refractivity contribution in [2.75, 3.05) is 37.9 Å². The van der Waals surface area contributed by atoms with Gasteiger partial charge >= 0.3 is 0 Å². The third-order valence-corrected chi connectivity index (χ3v) is 4.70. The molecule has 2 fully saturated rings. The lowest BCUT2D eigenvalue weighted by Crippen LogP contribution is -2.35. The average Bonchev–Trinajstić information content (AvgIpc) is 3.34. The van der Waals surface area contributed by atoms with Crippen LogP contribution in [0.4, 0.5) is 11.8 Å². The van der Waals surface area contributed by atoms with Gasteiger partial charge in [-0.2, -0.15) is 0 Å². The van der Waals surface area contributed by atoms with Crippen molar-refractivity contribution in [3.05, 3.63) is 6.33 Å². The van der Waals surface area contributed by atoms with E-state index in [1.807, 2.05) is 0 Å². The maximum atomic E-state index is 10.5. The summed E-state index contributed by atoms with van der Waals surface area (Å²) < 4.78 is 18.5. The molecule has 4 rings (SSSR count). The summed E-state index contributed by atoms with van der Waals surface area (Å²) in [7, 11) is 1.68. The van der Waals surface area contributed by atoms with Gasteiger partial charge in [0.1, 0.15) is 24.6 Å². The Hall–Kier alpha value is -2.05. The maximum absolute atomic E-state index is 10.5. The van der Waals surface area contributed by atoms with Crippen molar-refractivity contribution in [1.29, 1.82) is 0 Å². The molecular formula is C15H22N6O5. The van der Waals surface area contributed by atoms with Crippen LogP contribution in [0.15, 0.2) is 6.33 Å². The summed E-state index contributed by atoms with van der Waals surface area (Å²) in [4.78, 5) is 12.5. The maximum Gasteiger partial charge on any atom is 0.207 e. The topological polar surface area (TPSA) is 150 Å². The van der Waals surface area contributed by atoms with Gasteiger partial charge in [-0.1, -0.05) is 0 Å². The molecule has 0 aliphatic carbocycles. The Bertz CT molecular complexity index is 779. The highest BCUT2D eigenvalue weighted by Crippen LogP contribution is 2.35. The predicted octanol–water partition coefficient (Wildman–Crippen LogP) is -1.13. The van der Waals surface area contributed by atoms with Gasteiger partial charge in [-0.25, -0.2) is 15.0 Å². The molecule has 0 radical (unpaired) electrons. The zero-order valence-corrected chi connectivity index (χ0v) is 14.3. The van der Waals surface area contributed by atoms with Crippen LogP contribution in [0.3, 0.4) is 0 Å². The first-order chi connectivity index (χ1) is 12.6. The number of aromatic nitrogens is 4. The van der Waals surface area contributed by atoms with Crippen LogP contribution in [-0.2, 0) is 14.2 Å². The molecule has 2 saturated heterocycles. The van der Waals surface area contributed by atoms with E-state index < -0.39 is 24.5 Å². The Morgan fingerprint density at radius 3 is 2.96 bits per heavy atom. The van der Waals surface area contributed by atoms with E-state index in [4.69, 9.17) is 19.9 Å². The van der Waals surface area contributed by atoms with Crippen LogP contribution >= 0.6 is 0 Å². The second kappa shape index (κ2) is 6.93. The summed E-state index contributed by atoms with van der Waals surface area (Å²) >= 11 is 0. The minimum atomic E-state index is -1.18. The fourth-order valence-electron chi connectivity index (χ4n) is 3.30. The van der Waals surface area contributed by atoms with Gasteiger partial charge in [0, 0.05) is 13.7 Å². The molecule has 0 aromatic carbocycles. The Morgan fingerprint density at radius 1 is 1.38 bits per heavy atom. The normalized spacial score (nSPS) is 31.7. The predicted molar refractivity (Wildman–Crippen MR) is 90.4 cm³/mol. The van der Waals surface area contributed by atoms with Gasteiger partial charge in [0.15, 0.2) is 23.2 Å². The minimum absolute atomic E-state index is 0.0172. The zero-order valence-electron chi connectivity index (χ0n) is 14.3. The number of rotatable bonds is 5. The summed E-state index contributed by atoms with van der Waals surface area (Å²) in [5.74, 6) is 0.619. The van der Waals surface area contributed by atoms with Crippen molar-refractivity contribution in [3.63, 3.8) is 0 Å². The van der Waals surface area contributed by atoms with Crippen LogP contribution in [-0.4, -0.2) is 81.0 Å². The molecule has 2 aliphatic heterocycles. The molecule has 0 bridgehead atoms. The van der Waals surface area contributed by atoms with E-state index in [0.717, 1.165) is 6.42 Å². The van der Waals surface area contributed by atoms with Crippen molar-refractivity contribution in [2.45, 2.75) is 37.1 Å². The van der Waals surface area contributed by atoms with Crippen LogP contribution < -0.4 is 11.1 Å². The molecule has 142 valence electrons. The molecule has 11 nitrogen and oxygen atoms in total. The number of hydrogen-bond acceptors (Lipinski definition) is 10. The standard InChI is InChI=1S/C15H22N6O5/c1-17-15-20-9-12(16)18-6-19-13(9)21(15)14-11(23)10(22)8(26-14)5-25-7-2-3-24-4-7/h6-8,10-11,14,22-23H,2-5H2,1H3,(H,17,20)(H2,16,18,19)/t7-,8-,10-,11-,14-/m1/s1. The molecule has 0 spiro atoms. The summed E-state index contributed by atoms with van der Waals surface area (Å²) in [5.41, 5.74) is 6.66. The van der Waals surface area contributed by atoms with Crippen LogP contribution in [0, 0.1) is 0 Å². The molecule has 2 aliphatic rings. The Balaban J connectivity index is 1.59. The number of imidazole rings is 1. The fraction of sp³-hybridized carbons (Fsp3) is 0.667. The summed E-state index contributed by atoms with van der Waals surface area (Å²) in [5, 5.41) is 23.9. The van der Waals surface area contributed by atoms with Gasteiger partial charge in [0.05, 0.1) is 19.3 Å². The molecule has 2 aromatic rings. The van der Waals surface area contributed by atoms with E-state index in [0.29, 0.717) is 30.3 Å². The minimum Gasteiger partial charge on any atom is -0.387 e. The Kier molecular flexibility index (Phi) is 4.63. The number of nitrogens with one attached hydrogen (secondary N) is 1. The van der Waals surface area contributed by atoms with Crippen LogP contribution in [0.25, 0.3) is 11.2 Å². The first kappa shape index (κ1) is 17.4. The monoisotopic (exact) mass is 366 g/mol. The molecule has 5 N–H and O–H groups in total. The van der Waals surface area contributed by atoms with Crippen molar-refractivity contribution < 1.29 is 24.4 Å². The first-order valence-corrected chi connectivity index (χ1v) is 8.47. The van der Waals surface area contributed by atoms with Gasteiger partial charge < -0.3 is 35.5 Å². The fourth-order valence-corrected chi connectivity index (χ4v) is 3.30. The van der Waals surface area contributed by atoms with E-state index in [1.54, 1.807) is 11.6 Å². The molecule has 26 heavy (non-hydrogen) atoms. The van der Waals surface area contributed by atoms with E-state index in [-0.39, 0.29) is 18.5 Å². The molecule has 2 aromatic heterocycles. The Labute approximate surface area is 149 Å². The summed E-state index contributed by atoms with van der Waals surface area (Å²) in [6.45, 7) is 1.35. The van der Waals surface area contributed by atoms with Crippen molar-refractivity contribution in [2.24, 2.45) is 0 Å². The molecule has 0 saturated carbocycles. The number of hydrogen-bond donors (Lipinski definition) is 4. The highest BCUT2D eigenvalue weighted by atomic mass is 16.6. The molecule has 5 atom stereocenters. The van der Waals surface area contributed by atoms with E-state index in [2.05, 4.69) is 20.3 Å². The molecule has 4 heterocycles. The van der Waals surface area contributed by atoms with Crippen molar-refractivity contribution in [1.82, 2.24) is 19.5 Å². The molecule has 0 amide bonds. The lowest BCUT2D eigenvalue weighted by atomic mass is 10.1. The Morgan fingerprint density at radius 2 is 2.23 bits per heavy atom. The highest BCUT2D eigenvalue weighted by molar-refractivity contribution is 5.84. The average molecular weight is 366 g/mol. The lowest BCUT2D eigenvalue weighted by molar-refractivity contribution is -0.0804. The zero-order chi connectivity index (χ0) is 18.3. The van der Waals surface area contributed by atoms with Gasteiger partial charge in [-0.3, -0.25) is 4.57 Å². The number of aliphatic hydroxyl groups is 2. The molecule has 0 unspecified atom stereocenters. The number of nitrogens with two attached hydrogens (primary N) is 1. The molecular weight excluding hydrogens is 344 g/mol. The second-order valence-electron chi connectivity index (χ2n) is 6.35. The summed E-state index contributed by atoms with van der Waals surface area (Å²) in [6, 6.07) is 0. The quantitative estimate of drug-likeness (QED) is 0.512. The van der Waals surface area contributed by atoms with Crippen LogP contribution in [0.2, 0.25) is 0 Å². The number of fused-ring (bicyclic) bond motifs is 1. The van der Waals surface area contributed by atoms with Crippen molar-refractivity contribution >= 4 is 22.9 Å². The first-order valence-electron chi connectivity index (χ1n) is 8.47. The van der Waals surface area contributed by atoms with E-state index in [9.17, 15) is 10.2 Å².